The van der Waals surface area contributed by atoms with Crippen molar-refractivity contribution in [2.45, 2.75) is 90.6 Å². The van der Waals surface area contributed by atoms with Gasteiger partial charge in [-0.15, -0.1) is 6.58 Å². The number of unbranched alkanes of at least 4 members (excludes halogenated alkanes) is 1. The van der Waals surface area contributed by atoms with Gasteiger partial charge in [0, 0.05) is 0 Å². The molecule has 0 amide bonds. The van der Waals surface area contributed by atoms with Crippen LogP contribution in [0.25, 0.3) is 0 Å². The summed E-state index contributed by atoms with van der Waals surface area (Å²) in [5.74, 6) is 1.93. The van der Waals surface area contributed by atoms with E-state index in [0.29, 0.717) is 13.2 Å². The highest BCUT2D eigenvalue weighted by Crippen LogP contribution is 2.34. The predicted molar refractivity (Wildman–Crippen MR) is 147 cm³/mol. The summed E-state index contributed by atoms with van der Waals surface area (Å²) in [6.45, 7) is 7.10. The van der Waals surface area contributed by atoms with Gasteiger partial charge in [0.15, 0.2) is 0 Å². The number of rotatable bonds is 15. The molecule has 1 aliphatic carbocycles. The number of hydrogen-bond donors (Lipinski definition) is 0. The van der Waals surface area contributed by atoms with Crippen LogP contribution in [0.15, 0.2) is 73.3 Å². The summed E-state index contributed by atoms with van der Waals surface area (Å²) in [6, 6.07) is 18.4. The number of aryl methyl sites for hydroxylation is 3. The molecule has 34 heavy (non-hydrogen) atoms. The molecule has 0 bridgehead atoms. The van der Waals surface area contributed by atoms with Crippen LogP contribution in [0.2, 0.25) is 0 Å². The van der Waals surface area contributed by atoms with Crippen LogP contribution in [0.1, 0.15) is 87.0 Å². The molecule has 0 aromatic heterocycles. The van der Waals surface area contributed by atoms with Crippen molar-refractivity contribution < 1.29 is 4.74 Å². The van der Waals surface area contributed by atoms with Crippen LogP contribution in [0.3, 0.4) is 0 Å². The molecule has 0 aliphatic heterocycles. The molecule has 1 aliphatic rings. The summed E-state index contributed by atoms with van der Waals surface area (Å²) in [7, 11) is 0. The molecule has 0 saturated heterocycles. The van der Waals surface area contributed by atoms with E-state index in [9.17, 15) is 0 Å². The van der Waals surface area contributed by atoms with Crippen LogP contribution in [-0.2, 0) is 30.6 Å². The molecule has 0 spiro atoms. The second kappa shape index (κ2) is 15.7. The third-order valence-corrected chi connectivity index (χ3v) is 7.52. The first-order valence-corrected chi connectivity index (χ1v) is 13.7. The first-order chi connectivity index (χ1) is 16.8. The molecule has 3 rings (SSSR count). The molecule has 2 aromatic rings. The average Bonchev–Trinajstić information content (AvgIpc) is 2.88. The summed E-state index contributed by atoms with van der Waals surface area (Å²) in [4.78, 5) is 0. The first-order valence-electron chi connectivity index (χ1n) is 13.7. The lowest BCUT2D eigenvalue weighted by Crippen LogP contribution is -2.15. The van der Waals surface area contributed by atoms with Gasteiger partial charge in [-0.1, -0.05) is 92.4 Å². The van der Waals surface area contributed by atoms with Gasteiger partial charge >= 0.3 is 0 Å². The fourth-order valence-electron chi connectivity index (χ4n) is 5.27. The SMILES string of the molecule is C=CCOCc1ccc(CCCCc2ccc(CCC3CCC(CC/C=C/C)CC3)cc2)cc1. The van der Waals surface area contributed by atoms with Crippen LogP contribution < -0.4 is 0 Å². The van der Waals surface area contributed by atoms with Crippen molar-refractivity contribution in [1.29, 1.82) is 0 Å². The molecule has 184 valence electrons. The van der Waals surface area contributed by atoms with Gasteiger partial charge in [0.1, 0.15) is 0 Å². The molecular weight excluding hydrogens is 412 g/mol. The molecular formula is C33H46O. The van der Waals surface area contributed by atoms with Gasteiger partial charge in [-0.05, 0) is 92.4 Å². The van der Waals surface area contributed by atoms with E-state index in [0.717, 1.165) is 18.3 Å². The van der Waals surface area contributed by atoms with Crippen molar-refractivity contribution in [2.24, 2.45) is 11.8 Å². The maximum atomic E-state index is 5.51. The van der Waals surface area contributed by atoms with Crippen LogP contribution in [0, 0.1) is 11.8 Å². The van der Waals surface area contributed by atoms with Gasteiger partial charge in [-0.2, -0.15) is 0 Å². The highest BCUT2D eigenvalue weighted by atomic mass is 16.5. The Morgan fingerprint density at radius 1 is 0.735 bits per heavy atom. The maximum absolute atomic E-state index is 5.51. The van der Waals surface area contributed by atoms with Gasteiger partial charge in [0.05, 0.1) is 13.2 Å². The molecule has 1 heteroatoms. The highest BCUT2D eigenvalue weighted by molar-refractivity contribution is 5.24. The third-order valence-electron chi connectivity index (χ3n) is 7.52. The number of allylic oxidation sites excluding steroid dienone is 2. The summed E-state index contributed by atoms with van der Waals surface area (Å²) >= 11 is 0. The van der Waals surface area contributed by atoms with E-state index < -0.39 is 0 Å². The zero-order valence-electron chi connectivity index (χ0n) is 21.5. The maximum Gasteiger partial charge on any atom is 0.0721 e. The van der Waals surface area contributed by atoms with Crippen molar-refractivity contribution in [3.63, 3.8) is 0 Å². The molecule has 1 fully saturated rings. The molecule has 0 heterocycles. The second-order valence-corrected chi connectivity index (χ2v) is 10.2. The molecule has 1 nitrogen and oxygen atoms in total. The minimum atomic E-state index is 0.612. The third kappa shape index (κ3) is 10.0. The largest absolute Gasteiger partial charge is 0.373 e. The van der Waals surface area contributed by atoms with E-state index in [-0.39, 0.29) is 0 Å². The van der Waals surface area contributed by atoms with Crippen molar-refractivity contribution in [2.75, 3.05) is 6.61 Å². The molecule has 0 radical (unpaired) electrons. The lowest BCUT2D eigenvalue weighted by molar-refractivity contribution is 0.149. The van der Waals surface area contributed by atoms with Crippen molar-refractivity contribution in [3.05, 3.63) is 95.6 Å². The van der Waals surface area contributed by atoms with Gasteiger partial charge in [0.2, 0.25) is 0 Å². The Kier molecular flexibility index (Phi) is 12.2. The van der Waals surface area contributed by atoms with Gasteiger partial charge in [0.25, 0.3) is 0 Å². The average molecular weight is 459 g/mol. The van der Waals surface area contributed by atoms with E-state index in [1.165, 1.54) is 92.9 Å². The van der Waals surface area contributed by atoms with Crippen LogP contribution in [0.4, 0.5) is 0 Å². The Morgan fingerprint density at radius 3 is 1.76 bits per heavy atom. The monoisotopic (exact) mass is 458 g/mol. The predicted octanol–water partition coefficient (Wildman–Crippen LogP) is 9.05. The standard InChI is InChI=1S/C33H46O/c1-3-5-6-9-28-12-16-31(17-13-28)20-21-32-18-14-29(15-19-32)10-7-8-11-30-22-24-33(25-23-30)27-34-26-4-2/h3-5,14-15,18-19,22-25,28,31H,2,6-13,16-17,20-21,26-27H2,1H3/b5-3+. The zero-order valence-corrected chi connectivity index (χ0v) is 21.5. The molecule has 1 saturated carbocycles. The summed E-state index contributed by atoms with van der Waals surface area (Å²) in [6.07, 6.45) is 22.3. The summed E-state index contributed by atoms with van der Waals surface area (Å²) in [5, 5.41) is 0. The summed E-state index contributed by atoms with van der Waals surface area (Å²) in [5.41, 5.74) is 5.67. The molecule has 2 aromatic carbocycles. The van der Waals surface area contributed by atoms with E-state index in [1.807, 2.05) is 0 Å². The smallest absolute Gasteiger partial charge is 0.0721 e. The van der Waals surface area contributed by atoms with Gasteiger partial charge in [-0.25, -0.2) is 0 Å². The van der Waals surface area contributed by atoms with Crippen molar-refractivity contribution >= 4 is 0 Å². The Morgan fingerprint density at radius 2 is 1.24 bits per heavy atom. The van der Waals surface area contributed by atoms with Crippen molar-refractivity contribution in [3.8, 4) is 0 Å². The zero-order chi connectivity index (χ0) is 23.8. The summed E-state index contributed by atoms with van der Waals surface area (Å²) < 4.78 is 5.51. The van der Waals surface area contributed by atoms with Gasteiger partial charge in [-0.3, -0.25) is 0 Å². The van der Waals surface area contributed by atoms with E-state index in [4.69, 9.17) is 4.74 Å². The van der Waals surface area contributed by atoms with Crippen LogP contribution >= 0.6 is 0 Å². The Labute approximate surface area is 209 Å². The van der Waals surface area contributed by atoms with E-state index >= 15 is 0 Å². The Hall–Kier alpha value is -2.12. The van der Waals surface area contributed by atoms with E-state index in [1.54, 1.807) is 6.08 Å². The van der Waals surface area contributed by atoms with Crippen LogP contribution in [-0.4, -0.2) is 6.61 Å². The van der Waals surface area contributed by atoms with Crippen LogP contribution in [0.5, 0.6) is 0 Å². The fourth-order valence-corrected chi connectivity index (χ4v) is 5.27. The fraction of sp³-hybridized carbons (Fsp3) is 0.515. The van der Waals surface area contributed by atoms with E-state index in [2.05, 4.69) is 74.2 Å². The van der Waals surface area contributed by atoms with Crippen molar-refractivity contribution in [1.82, 2.24) is 0 Å². The highest BCUT2D eigenvalue weighted by Gasteiger charge is 2.20. The molecule has 0 atom stereocenters. The molecule has 0 unspecified atom stereocenters. The minimum absolute atomic E-state index is 0.612. The first kappa shape index (κ1) is 26.5. The topological polar surface area (TPSA) is 9.23 Å². The normalized spacial score (nSPS) is 18.4. The lowest BCUT2D eigenvalue weighted by atomic mass is 9.78. The van der Waals surface area contributed by atoms with Gasteiger partial charge < -0.3 is 4.74 Å². The minimum Gasteiger partial charge on any atom is -0.373 e. The Balaban J connectivity index is 1.27. The number of ether oxygens (including phenoxy) is 1. The number of benzene rings is 2. The lowest BCUT2D eigenvalue weighted by Gasteiger charge is -2.28. The Bertz CT molecular complexity index is 822. The second-order valence-electron chi connectivity index (χ2n) is 10.2. The quantitative estimate of drug-likeness (QED) is 0.191. The number of hydrogen-bond acceptors (Lipinski definition) is 1. The molecule has 0 N–H and O–H groups in total.